The third kappa shape index (κ3) is 5.10. The van der Waals surface area contributed by atoms with E-state index in [0.29, 0.717) is 37.2 Å². The van der Waals surface area contributed by atoms with Crippen LogP contribution in [0.15, 0.2) is 59.5 Å². The Hall–Kier alpha value is -2.42. The molecular weight excluding hydrogens is 462 g/mol. The molecule has 7 nitrogen and oxygen atoms in total. The Balaban J connectivity index is 1.10. The fourth-order valence-electron chi connectivity index (χ4n) is 5.61. The summed E-state index contributed by atoms with van der Waals surface area (Å²) in [5.74, 6) is -0.136. The summed E-state index contributed by atoms with van der Waals surface area (Å²) in [7, 11) is -3.52. The lowest BCUT2D eigenvalue weighted by molar-refractivity contribution is -0.150. The number of piperazine rings is 1. The number of nitrogens with zero attached hydrogens (tertiary/aromatic N) is 3. The van der Waals surface area contributed by atoms with Crippen LogP contribution in [0, 0.1) is 12.3 Å². The molecule has 3 heterocycles. The molecule has 0 N–H and O–H groups in total. The minimum absolute atomic E-state index is 0.0742. The molecule has 35 heavy (non-hydrogen) atoms. The third-order valence-corrected chi connectivity index (χ3v) is 9.84. The first-order valence-corrected chi connectivity index (χ1v) is 14.1. The van der Waals surface area contributed by atoms with Crippen LogP contribution < -0.4 is 4.90 Å². The minimum atomic E-state index is -3.52. The van der Waals surface area contributed by atoms with E-state index in [1.807, 2.05) is 6.07 Å². The maximum atomic E-state index is 12.9. The lowest BCUT2D eigenvalue weighted by Gasteiger charge is -2.36. The Morgan fingerprint density at radius 3 is 2.23 bits per heavy atom. The van der Waals surface area contributed by atoms with Crippen molar-refractivity contribution in [2.45, 2.75) is 43.6 Å². The van der Waals surface area contributed by atoms with E-state index in [9.17, 15) is 13.2 Å². The van der Waals surface area contributed by atoms with Gasteiger partial charge in [0, 0.05) is 57.9 Å². The predicted molar refractivity (Wildman–Crippen MR) is 136 cm³/mol. The molecule has 5 rings (SSSR count). The van der Waals surface area contributed by atoms with E-state index in [-0.39, 0.29) is 12.1 Å². The molecule has 0 saturated carbocycles. The van der Waals surface area contributed by atoms with Crippen LogP contribution in [-0.4, -0.2) is 75.5 Å². The van der Waals surface area contributed by atoms with E-state index in [2.05, 4.69) is 41.0 Å². The van der Waals surface area contributed by atoms with Crippen molar-refractivity contribution >= 4 is 21.7 Å². The SMILES string of the molecule is Cc1ccc(N2CCN(CC[C@H]3CC4(CCN(S(=O)(=O)c5ccccc5)CC4)C(=O)O3)CC2)cc1. The Labute approximate surface area is 208 Å². The van der Waals surface area contributed by atoms with Crippen LogP contribution >= 0.6 is 0 Å². The van der Waals surface area contributed by atoms with Crippen LogP contribution in [0.2, 0.25) is 0 Å². The summed E-state index contributed by atoms with van der Waals surface area (Å²) >= 11 is 0. The van der Waals surface area contributed by atoms with Gasteiger partial charge in [-0.25, -0.2) is 8.42 Å². The number of benzene rings is 2. The Bertz CT molecular complexity index is 1120. The highest BCUT2D eigenvalue weighted by Crippen LogP contribution is 2.44. The second-order valence-electron chi connectivity index (χ2n) is 10.2. The molecule has 0 radical (unpaired) electrons. The molecular formula is C27H35N3O4S. The number of piperidine rings is 1. The average molecular weight is 498 g/mol. The van der Waals surface area contributed by atoms with Gasteiger partial charge in [-0.2, -0.15) is 4.31 Å². The summed E-state index contributed by atoms with van der Waals surface area (Å²) < 4.78 is 33.2. The van der Waals surface area contributed by atoms with Crippen molar-refractivity contribution < 1.29 is 17.9 Å². The maximum absolute atomic E-state index is 12.9. The average Bonchev–Trinajstić information content (AvgIpc) is 3.18. The summed E-state index contributed by atoms with van der Waals surface area (Å²) in [5.41, 5.74) is 2.03. The molecule has 2 aromatic rings. The molecule has 0 amide bonds. The van der Waals surface area contributed by atoms with Crippen LogP contribution in [0.1, 0.15) is 31.2 Å². The van der Waals surface area contributed by atoms with Crippen LogP contribution in [0.25, 0.3) is 0 Å². The molecule has 1 spiro atoms. The van der Waals surface area contributed by atoms with Crippen LogP contribution in [0.3, 0.4) is 0 Å². The number of aryl methyl sites for hydroxylation is 1. The van der Waals surface area contributed by atoms with Crippen LogP contribution in [0.4, 0.5) is 5.69 Å². The summed E-state index contributed by atoms with van der Waals surface area (Å²) in [6, 6.07) is 17.2. The fourth-order valence-corrected chi connectivity index (χ4v) is 7.08. The zero-order valence-corrected chi connectivity index (χ0v) is 21.3. The largest absolute Gasteiger partial charge is 0.462 e. The first kappa shape index (κ1) is 24.3. The lowest BCUT2D eigenvalue weighted by Crippen LogP contribution is -2.47. The highest BCUT2D eigenvalue weighted by Gasteiger charge is 2.51. The number of ether oxygens (including phenoxy) is 1. The number of rotatable bonds is 6. The van der Waals surface area contributed by atoms with Crippen molar-refractivity contribution in [1.29, 1.82) is 0 Å². The Kier molecular flexibility index (Phi) is 6.88. The van der Waals surface area contributed by atoms with Gasteiger partial charge in [0.1, 0.15) is 6.10 Å². The van der Waals surface area contributed by atoms with E-state index >= 15 is 0 Å². The second-order valence-corrected chi connectivity index (χ2v) is 12.1. The number of hydrogen-bond acceptors (Lipinski definition) is 6. The Morgan fingerprint density at radius 2 is 1.57 bits per heavy atom. The van der Waals surface area contributed by atoms with Crippen LogP contribution in [0.5, 0.6) is 0 Å². The van der Waals surface area contributed by atoms with Crippen molar-refractivity contribution in [3.8, 4) is 0 Å². The molecule has 0 bridgehead atoms. The quantitative estimate of drug-likeness (QED) is 0.571. The molecule has 0 unspecified atom stereocenters. The summed E-state index contributed by atoms with van der Waals surface area (Å²) in [4.78, 5) is 18.0. The summed E-state index contributed by atoms with van der Waals surface area (Å²) in [5, 5.41) is 0. The molecule has 3 aliphatic rings. The van der Waals surface area contributed by atoms with Gasteiger partial charge in [0.05, 0.1) is 10.3 Å². The van der Waals surface area contributed by atoms with Crippen molar-refractivity contribution in [1.82, 2.24) is 9.21 Å². The number of anilines is 1. The number of cyclic esters (lactones) is 1. The highest BCUT2D eigenvalue weighted by molar-refractivity contribution is 7.89. The molecule has 2 aromatic carbocycles. The monoisotopic (exact) mass is 497 g/mol. The molecule has 188 valence electrons. The van der Waals surface area contributed by atoms with Crippen molar-refractivity contribution in [2.24, 2.45) is 5.41 Å². The number of carbonyl (C=O) groups excluding carboxylic acids is 1. The van der Waals surface area contributed by atoms with E-state index in [4.69, 9.17) is 4.74 Å². The zero-order valence-electron chi connectivity index (χ0n) is 20.4. The minimum Gasteiger partial charge on any atom is -0.462 e. The molecule has 3 aliphatic heterocycles. The molecule has 3 fully saturated rings. The molecule has 1 atom stereocenters. The normalized spacial score (nSPS) is 23.5. The third-order valence-electron chi connectivity index (χ3n) is 7.92. The number of sulfonamides is 1. The smallest absolute Gasteiger partial charge is 0.312 e. The first-order valence-electron chi connectivity index (χ1n) is 12.7. The van der Waals surface area contributed by atoms with Gasteiger partial charge in [-0.1, -0.05) is 35.9 Å². The van der Waals surface area contributed by atoms with Crippen molar-refractivity contribution in [3.05, 3.63) is 60.2 Å². The van der Waals surface area contributed by atoms with Gasteiger partial charge in [0.25, 0.3) is 0 Å². The highest BCUT2D eigenvalue weighted by atomic mass is 32.2. The maximum Gasteiger partial charge on any atom is 0.312 e. The van der Waals surface area contributed by atoms with Crippen LogP contribution in [-0.2, 0) is 19.6 Å². The first-order chi connectivity index (χ1) is 16.9. The van der Waals surface area contributed by atoms with Gasteiger partial charge in [0.2, 0.25) is 10.0 Å². The van der Waals surface area contributed by atoms with Gasteiger partial charge in [-0.3, -0.25) is 9.69 Å². The van der Waals surface area contributed by atoms with Crippen molar-refractivity contribution in [2.75, 3.05) is 50.7 Å². The molecule has 3 saturated heterocycles. The number of esters is 1. The standard InChI is InChI=1S/C27H35N3O4S/c1-22-7-9-23(10-8-22)29-19-17-28(18-20-29)14-11-24-21-27(26(31)34-24)12-15-30(16-13-27)35(32,33)25-5-3-2-4-6-25/h2-10,24H,11-21H2,1H3/t24-/m0/s1. The van der Waals surface area contributed by atoms with Gasteiger partial charge in [0.15, 0.2) is 0 Å². The molecule has 0 aliphatic carbocycles. The van der Waals surface area contributed by atoms with E-state index < -0.39 is 15.4 Å². The van der Waals surface area contributed by atoms with Gasteiger partial charge >= 0.3 is 5.97 Å². The van der Waals surface area contributed by atoms with Gasteiger partial charge in [-0.05, 0) is 50.5 Å². The lowest BCUT2D eigenvalue weighted by atomic mass is 9.76. The van der Waals surface area contributed by atoms with E-state index in [1.165, 1.54) is 15.6 Å². The van der Waals surface area contributed by atoms with Crippen molar-refractivity contribution in [3.63, 3.8) is 0 Å². The van der Waals surface area contributed by atoms with E-state index in [0.717, 1.165) is 39.1 Å². The van der Waals surface area contributed by atoms with E-state index in [1.54, 1.807) is 24.3 Å². The number of hydrogen-bond donors (Lipinski definition) is 0. The van der Waals surface area contributed by atoms with Gasteiger partial charge < -0.3 is 9.64 Å². The predicted octanol–water partition coefficient (Wildman–Crippen LogP) is 3.29. The topological polar surface area (TPSA) is 70.2 Å². The summed E-state index contributed by atoms with van der Waals surface area (Å²) in [6.07, 6.45) is 2.53. The molecule has 0 aromatic heterocycles. The summed E-state index contributed by atoms with van der Waals surface area (Å²) in [6.45, 7) is 7.77. The Morgan fingerprint density at radius 1 is 0.914 bits per heavy atom. The fraction of sp³-hybridized carbons (Fsp3) is 0.519. The van der Waals surface area contributed by atoms with Gasteiger partial charge in [-0.15, -0.1) is 0 Å². The second kappa shape index (κ2) is 9.91. The number of carbonyl (C=O) groups is 1. The zero-order chi connectivity index (χ0) is 24.5. The molecule has 8 heteroatoms.